The van der Waals surface area contributed by atoms with Crippen molar-refractivity contribution in [1.29, 1.82) is 0 Å². The number of nitrogens with zero attached hydrogens (tertiary/aromatic N) is 4. The highest BCUT2D eigenvalue weighted by atomic mass is 19.1. The fourth-order valence-electron chi connectivity index (χ4n) is 2.98. The van der Waals surface area contributed by atoms with Crippen LogP contribution in [0.5, 0.6) is 5.75 Å². The number of fused-ring (bicyclic) bond motifs is 1. The molecule has 2 aromatic heterocycles. The Balaban J connectivity index is 1.74. The van der Waals surface area contributed by atoms with Crippen molar-refractivity contribution in [1.82, 2.24) is 19.2 Å². The molecule has 148 valence electrons. The normalized spacial score (nSPS) is 11.0. The number of anilines is 2. The summed E-state index contributed by atoms with van der Waals surface area (Å²) in [5.41, 5.74) is 1.73. The van der Waals surface area contributed by atoms with E-state index in [1.165, 1.54) is 40.5 Å². The number of halogens is 2. The van der Waals surface area contributed by atoms with Crippen molar-refractivity contribution >= 4 is 17.3 Å². The van der Waals surface area contributed by atoms with E-state index in [1.54, 1.807) is 31.2 Å². The van der Waals surface area contributed by atoms with Gasteiger partial charge in [-0.15, -0.1) is 5.10 Å². The molecular weight excluding hydrogens is 380 g/mol. The summed E-state index contributed by atoms with van der Waals surface area (Å²) in [6.07, 6.45) is 0. The van der Waals surface area contributed by atoms with Gasteiger partial charge in [0, 0.05) is 17.4 Å². The lowest BCUT2D eigenvalue weighted by molar-refractivity contribution is 0.386. The highest BCUT2D eigenvalue weighted by Crippen LogP contribution is 2.19. The van der Waals surface area contributed by atoms with Crippen LogP contribution in [-0.4, -0.2) is 26.3 Å². The number of hydrogen-bond donors (Lipinski definition) is 1. The van der Waals surface area contributed by atoms with E-state index in [2.05, 4.69) is 15.4 Å². The number of benzene rings is 2. The van der Waals surface area contributed by atoms with Crippen LogP contribution >= 0.6 is 0 Å². The molecule has 0 spiro atoms. The highest BCUT2D eigenvalue weighted by molar-refractivity contribution is 5.56. The Labute approximate surface area is 164 Å². The second-order valence-corrected chi connectivity index (χ2v) is 6.46. The largest absolute Gasteiger partial charge is 0.494 e. The molecule has 0 amide bonds. The first-order valence-corrected chi connectivity index (χ1v) is 8.77. The summed E-state index contributed by atoms with van der Waals surface area (Å²) >= 11 is 0. The Bertz CT molecular complexity index is 1250. The number of rotatable bonds is 5. The summed E-state index contributed by atoms with van der Waals surface area (Å²) < 4.78 is 34.6. The molecule has 0 saturated heterocycles. The molecule has 4 aromatic rings. The zero-order chi connectivity index (χ0) is 20.5. The van der Waals surface area contributed by atoms with Gasteiger partial charge in [-0.25, -0.2) is 27.6 Å². The van der Waals surface area contributed by atoms with Crippen LogP contribution < -0.4 is 15.7 Å². The molecule has 29 heavy (non-hydrogen) atoms. The third-order valence-corrected chi connectivity index (χ3v) is 4.35. The number of ether oxygens (including phenoxy) is 1. The second kappa shape index (κ2) is 7.34. The molecule has 0 bridgehead atoms. The van der Waals surface area contributed by atoms with Gasteiger partial charge in [0.25, 0.3) is 0 Å². The number of hydrogen-bond acceptors (Lipinski definition) is 5. The maximum Gasteiger partial charge on any atom is 0.353 e. The van der Waals surface area contributed by atoms with Gasteiger partial charge < -0.3 is 10.1 Å². The summed E-state index contributed by atoms with van der Waals surface area (Å²) in [6, 6.07) is 11.8. The minimum atomic E-state index is -0.516. The van der Waals surface area contributed by atoms with Gasteiger partial charge in [-0.1, -0.05) is 6.07 Å². The second-order valence-electron chi connectivity index (χ2n) is 6.46. The van der Waals surface area contributed by atoms with Crippen LogP contribution in [0.2, 0.25) is 0 Å². The third-order valence-electron chi connectivity index (χ3n) is 4.35. The first-order chi connectivity index (χ1) is 13.9. The van der Waals surface area contributed by atoms with Gasteiger partial charge in [0.05, 0.1) is 13.7 Å². The average Bonchev–Trinajstić information content (AvgIpc) is 2.99. The Kier molecular flexibility index (Phi) is 4.71. The van der Waals surface area contributed by atoms with E-state index in [9.17, 15) is 13.6 Å². The first kappa shape index (κ1) is 18.6. The van der Waals surface area contributed by atoms with E-state index in [0.717, 1.165) is 0 Å². The SMILES string of the molecule is COc1ccc(Cn2nc3cc(C)nc(Nc4ccc(F)cc4)n3c2=O)cc1F. The minimum absolute atomic E-state index is 0.0798. The predicted octanol–water partition coefficient (Wildman–Crippen LogP) is 3.28. The van der Waals surface area contributed by atoms with Crippen molar-refractivity contribution in [3.05, 3.63) is 81.9 Å². The summed E-state index contributed by atoms with van der Waals surface area (Å²) in [6.45, 7) is 1.86. The molecule has 0 aliphatic heterocycles. The van der Waals surface area contributed by atoms with E-state index < -0.39 is 11.5 Å². The van der Waals surface area contributed by atoms with Gasteiger partial charge in [-0.3, -0.25) is 0 Å². The number of aromatic nitrogens is 4. The molecule has 2 aromatic carbocycles. The smallest absolute Gasteiger partial charge is 0.353 e. The van der Waals surface area contributed by atoms with Crippen molar-refractivity contribution < 1.29 is 13.5 Å². The third kappa shape index (κ3) is 3.66. The molecule has 0 atom stereocenters. The van der Waals surface area contributed by atoms with Crippen molar-refractivity contribution in [3.8, 4) is 5.75 Å². The zero-order valence-electron chi connectivity index (χ0n) is 15.7. The topological polar surface area (TPSA) is 73.4 Å². The molecule has 0 aliphatic carbocycles. The molecule has 4 rings (SSSR count). The molecule has 0 radical (unpaired) electrons. The summed E-state index contributed by atoms with van der Waals surface area (Å²) in [4.78, 5) is 17.3. The summed E-state index contributed by atoms with van der Waals surface area (Å²) in [7, 11) is 1.38. The first-order valence-electron chi connectivity index (χ1n) is 8.77. The van der Waals surface area contributed by atoms with Crippen LogP contribution in [0.1, 0.15) is 11.3 Å². The van der Waals surface area contributed by atoms with Crippen molar-refractivity contribution in [2.45, 2.75) is 13.5 Å². The number of methoxy groups -OCH3 is 1. The molecule has 0 unspecified atom stereocenters. The van der Waals surface area contributed by atoms with Gasteiger partial charge >= 0.3 is 5.69 Å². The molecule has 2 heterocycles. The van der Waals surface area contributed by atoms with Gasteiger partial charge in [0.1, 0.15) is 5.82 Å². The van der Waals surface area contributed by atoms with Crippen LogP contribution in [0, 0.1) is 18.6 Å². The lowest BCUT2D eigenvalue weighted by Crippen LogP contribution is -2.23. The standard InChI is InChI=1S/C20H17F2N5O2/c1-12-9-18-25-26(11-13-3-8-17(29-2)16(22)10-13)20(28)27(18)19(23-12)24-15-6-4-14(21)5-7-15/h3-10H,11H2,1-2H3,(H,23,24). The lowest BCUT2D eigenvalue weighted by Gasteiger charge is -2.07. The molecule has 0 fully saturated rings. The van der Waals surface area contributed by atoms with Crippen LogP contribution in [-0.2, 0) is 6.54 Å². The maximum absolute atomic E-state index is 14.0. The maximum atomic E-state index is 14.0. The van der Waals surface area contributed by atoms with Gasteiger partial charge in [0.15, 0.2) is 17.2 Å². The van der Waals surface area contributed by atoms with E-state index in [4.69, 9.17) is 4.74 Å². The number of nitrogens with one attached hydrogen (secondary N) is 1. The lowest BCUT2D eigenvalue weighted by atomic mass is 10.2. The Morgan fingerprint density at radius 1 is 1.10 bits per heavy atom. The van der Waals surface area contributed by atoms with Crippen molar-refractivity contribution in [2.24, 2.45) is 0 Å². The van der Waals surface area contributed by atoms with Crippen LogP contribution in [0.4, 0.5) is 20.4 Å². The molecule has 0 aliphatic rings. The van der Waals surface area contributed by atoms with Gasteiger partial charge in [-0.2, -0.15) is 0 Å². The Morgan fingerprint density at radius 2 is 1.86 bits per heavy atom. The Hall–Kier alpha value is -3.75. The summed E-state index contributed by atoms with van der Waals surface area (Å²) in [5, 5.41) is 7.34. The number of aryl methyl sites for hydroxylation is 1. The Morgan fingerprint density at radius 3 is 2.55 bits per heavy atom. The quantitative estimate of drug-likeness (QED) is 0.560. The van der Waals surface area contributed by atoms with Gasteiger partial charge in [0.2, 0.25) is 5.95 Å². The van der Waals surface area contributed by atoms with E-state index in [0.29, 0.717) is 22.6 Å². The molecule has 0 saturated carbocycles. The van der Waals surface area contributed by atoms with E-state index in [-0.39, 0.29) is 24.1 Å². The average molecular weight is 397 g/mol. The van der Waals surface area contributed by atoms with Crippen LogP contribution in [0.3, 0.4) is 0 Å². The predicted molar refractivity (Wildman–Crippen MR) is 104 cm³/mol. The minimum Gasteiger partial charge on any atom is -0.494 e. The fourth-order valence-corrected chi connectivity index (χ4v) is 2.98. The molecule has 9 heteroatoms. The molecule has 7 nitrogen and oxygen atoms in total. The molecule has 1 N–H and O–H groups in total. The van der Waals surface area contributed by atoms with Crippen LogP contribution in [0.15, 0.2) is 53.3 Å². The molecular formula is C20H17F2N5O2. The van der Waals surface area contributed by atoms with E-state index in [1.807, 2.05) is 0 Å². The van der Waals surface area contributed by atoms with E-state index >= 15 is 0 Å². The van der Waals surface area contributed by atoms with Crippen molar-refractivity contribution in [2.75, 3.05) is 12.4 Å². The fraction of sp³-hybridized carbons (Fsp3) is 0.150. The monoisotopic (exact) mass is 397 g/mol. The zero-order valence-corrected chi connectivity index (χ0v) is 15.7. The van der Waals surface area contributed by atoms with Gasteiger partial charge in [-0.05, 0) is 48.9 Å². The van der Waals surface area contributed by atoms with Crippen molar-refractivity contribution in [3.63, 3.8) is 0 Å². The summed E-state index contributed by atoms with van der Waals surface area (Å²) in [5.74, 6) is -0.502. The van der Waals surface area contributed by atoms with Crippen LogP contribution in [0.25, 0.3) is 5.65 Å². The highest BCUT2D eigenvalue weighted by Gasteiger charge is 2.14.